The van der Waals surface area contributed by atoms with E-state index in [1.54, 1.807) is 26.4 Å². The third-order valence-electron chi connectivity index (χ3n) is 4.77. The molecule has 158 valence electrons. The summed E-state index contributed by atoms with van der Waals surface area (Å²) in [6.45, 7) is 1.40. The number of rotatable bonds is 10. The predicted octanol–water partition coefficient (Wildman–Crippen LogP) is 5.41. The Kier molecular flexibility index (Phi) is 7.94. The SMILES string of the molecule is COc1ccc(CCNCc2cccc(OC)c2OCc2c(F)cccc2Cl)cc1. The molecular weight excluding hydrogens is 405 g/mol. The third kappa shape index (κ3) is 5.65. The van der Waals surface area contributed by atoms with Gasteiger partial charge in [0.2, 0.25) is 0 Å². The molecular formula is C24H25ClFNO3. The van der Waals surface area contributed by atoms with Gasteiger partial charge in [0.25, 0.3) is 0 Å². The lowest BCUT2D eigenvalue weighted by atomic mass is 10.1. The maximum Gasteiger partial charge on any atom is 0.166 e. The number of para-hydroxylation sites is 1. The van der Waals surface area contributed by atoms with Crippen molar-refractivity contribution in [2.45, 2.75) is 19.6 Å². The van der Waals surface area contributed by atoms with Crippen LogP contribution >= 0.6 is 11.6 Å². The van der Waals surface area contributed by atoms with Crippen molar-refractivity contribution in [1.29, 1.82) is 0 Å². The normalized spacial score (nSPS) is 10.7. The van der Waals surface area contributed by atoms with Gasteiger partial charge in [-0.15, -0.1) is 0 Å². The van der Waals surface area contributed by atoms with Crippen molar-refractivity contribution in [3.05, 3.63) is 88.2 Å². The van der Waals surface area contributed by atoms with Crippen molar-refractivity contribution < 1.29 is 18.6 Å². The van der Waals surface area contributed by atoms with Gasteiger partial charge in [-0.3, -0.25) is 0 Å². The average molecular weight is 430 g/mol. The van der Waals surface area contributed by atoms with E-state index in [9.17, 15) is 4.39 Å². The van der Waals surface area contributed by atoms with E-state index < -0.39 is 5.82 Å². The topological polar surface area (TPSA) is 39.7 Å². The van der Waals surface area contributed by atoms with Crippen molar-refractivity contribution in [2.24, 2.45) is 0 Å². The Balaban J connectivity index is 1.63. The highest BCUT2D eigenvalue weighted by molar-refractivity contribution is 6.31. The van der Waals surface area contributed by atoms with Gasteiger partial charge in [-0.05, 0) is 48.9 Å². The van der Waals surface area contributed by atoms with Crippen LogP contribution in [-0.4, -0.2) is 20.8 Å². The summed E-state index contributed by atoms with van der Waals surface area (Å²) in [5.74, 6) is 1.63. The van der Waals surface area contributed by atoms with Gasteiger partial charge in [0.1, 0.15) is 18.2 Å². The Labute approximate surface area is 181 Å². The summed E-state index contributed by atoms with van der Waals surface area (Å²) in [5, 5.41) is 3.76. The molecule has 4 nitrogen and oxygen atoms in total. The average Bonchev–Trinajstić information content (AvgIpc) is 2.77. The predicted molar refractivity (Wildman–Crippen MR) is 117 cm³/mol. The summed E-state index contributed by atoms with van der Waals surface area (Å²) >= 11 is 6.12. The molecule has 3 rings (SSSR count). The Morgan fingerprint density at radius 2 is 1.70 bits per heavy atom. The highest BCUT2D eigenvalue weighted by Gasteiger charge is 2.13. The van der Waals surface area contributed by atoms with Gasteiger partial charge >= 0.3 is 0 Å². The molecule has 0 aliphatic carbocycles. The molecule has 0 amide bonds. The van der Waals surface area contributed by atoms with Crippen LogP contribution in [0.2, 0.25) is 5.02 Å². The lowest BCUT2D eigenvalue weighted by Crippen LogP contribution is -2.17. The molecule has 0 unspecified atom stereocenters. The van der Waals surface area contributed by atoms with Crippen LogP contribution in [-0.2, 0) is 19.6 Å². The van der Waals surface area contributed by atoms with E-state index >= 15 is 0 Å². The van der Waals surface area contributed by atoms with E-state index in [2.05, 4.69) is 17.4 Å². The molecule has 0 aliphatic heterocycles. The number of ether oxygens (including phenoxy) is 3. The van der Waals surface area contributed by atoms with E-state index in [1.807, 2.05) is 30.3 Å². The first-order valence-corrected chi connectivity index (χ1v) is 10.1. The quantitative estimate of drug-likeness (QED) is 0.437. The van der Waals surface area contributed by atoms with Crippen LogP contribution < -0.4 is 19.5 Å². The third-order valence-corrected chi connectivity index (χ3v) is 5.12. The van der Waals surface area contributed by atoms with Crippen LogP contribution in [0, 0.1) is 5.82 Å². The number of nitrogens with one attached hydrogen (secondary N) is 1. The van der Waals surface area contributed by atoms with Gasteiger partial charge in [0.15, 0.2) is 11.5 Å². The highest BCUT2D eigenvalue weighted by atomic mass is 35.5. The van der Waals surface area contributed by atoms with Crippen molar-refractivity contribution in [3.63, 3.8) is 0 Å². The maximum atomic E-state index is 14.1. The molecule has 0 aromatic heterocycles. The molecule has 6 heteroatoms. The summed E-state index contributed by atoms with van der Waals surface area (Å²) in [6, 6.07) is 18.3. The number of benzene rings is 3. The lowest BCUT2D eigenvalue weighted by Gasteiger charge is -2.16. The minimum atomic E-state index is -0.392. The fraction of sp³-hybridized carbons (Fsp3) is 0.250. The second kappa shape index (κ2) is 10.9. The summed E-state index contributed by atoms with van der Waals surface area (Å²) in [6.07, 6.45) is 0.884. The Morgan fingerprint density at radius 3 is 2.40 bits per heavy atom. The van der Waals surface area contributed by atoms with Crippen LogP contribution in [0.3, 0.4) is 0 Å². The van der Waals surface area contributed by atoms with Crippen molar-refractivity contribution in [1.82, 2.24) is 5.32 Å². The Hall–Kier alpha value is -2.76. The van der Waals surface area contributed by atoms with Gasteiger partial charge in [0, 0.05) is 17.7 Å². The molecule has 0 atom stereocenters. The monoisotopic (exact) mass is 429 g/mol. The zero-order valence-corrected chi connectivity index (χ0v) is 17.8. The Morgan fingerprint density at radius 1 is 0.933 bits per heavy atom. The number of methoxy groups -OCH3 is 2. The standard InChI is InChI=1S/C24H25ClFNO3/c1-28-19-11-9-17(10-12-19)13-14-27-15-18-5-3-8-23(29-2)24(18)30-16-20-21(25)6-4-7-22(20)26/h3-12,27H,13-16H2,1-2H3. The second-order valence-electron chi connectivity index (χ2n) is 6.71. The first-order valence-electron chi connectivity index (χ1n) is 9.67. The summed E-state index contributed by atoms with van der Waals surface area (Å²) in [7, 11) is 3.24. The second-order valence-corrected chi connectivity index (χ2v) is 7.12. The lowest BCUT2D eigenvalue weighted by molar-refractivity contribution is 0.276. The molecule has 30 heavy (non-hydrogen) atoms. The van der Waals surface area contributed by atoms with E-state index in [1.165, 1.54) is 11.6 Å². The van der Waals surface area contributed by atoms with Gasteiger partial charge in [-0.25, -0.2) is 4.39 Å². The zero-order valence-electron chi connectivity index (χ0n) is 17.1. The van der Waals surface area contributed by atoms with Crippen LogP contribution in [0.4, 0.5) is 4.39 Å². The smallest absolute Gasteiger partial charge is 0.166 e. The first-order chi connectivity index (χ1) is 14.6. The summed E-state index contributed by atoms with van der Waals surface area (Å²) in [4.78, 5) is 0. The molecule has 0 heterocycles. The van der Waals surface area contributed by atoms with Gasteiger partial charge < -0.3 is 19.5 Å². The molecule has 0 radical (unpaired) electrons. The largest absolute Gasteiger partial charge is 0.497 e. The minimum Gasteiger partial charge on any atom is -0.497 e. The Bertz CT molecular complexity index is 943. The van der Waals surface area contributed by atoms with E-state index in [0.717, 1.165) is 24.3 Å². The fourth-order valence-corrected chi connectivity index (χ4v) is 3.31. The molecule has 0 saturated heterocycles. The van der Waals surface area contributed by atoms with Crippen LogP contribution in [0.1, 0.15) is 16.7 Å². The van der Waals surface area contributed by atoms with Crippen molar-refractivity contribution in [2.75, 3.05) is 20.8 Å². The fourth-order valence-electron chi connectivity index (χ4n) is 3.09. The maximum absolute atomic E-state index is 14.1. The molecule has 3 aromatic rings. The molecule has 0 aliphatic rings. The first kappa shape index (κ1) is 21.9. The molecule has 1 N–H and O–H groups in total. The van der Waals surface area contributed by atoms with Crippen LogP contribution in [0.25, 0.3) is 0 Å². The van der Waals surface area contributed by atoms with Crippen LogP contribution in [0.5, 0.6) is 17.2 Å². The van der Waals surface area contributed by atoms with E-state index in [0.29, 0.717) is 28.6 Å². The summed E-state index contributed by atoms with van der Waals surface area (Å²) < 4.78 is 30.6. The molecule has 0 spiro atoms. The number of hydrogen-bond donors (Lipinski definition) is 1. The van der Waals surface area contributed by atoms with E-state index in [-0.39, 0.29) is 6.61 Å². The van der Waals surface area contributed by atoms with Gasteiger partial charge in [-0.2, -0.15) is 0 Å². The van der Waals surface area contributed by atoms with Crippen molar-refractivity contribution >= 4 is 11.6 Å². The summed E-state index contributed by atoms with van der Waals surface area (Å²) in [5.41, 5.74) is 2.47. The molecule has 0 saturated carbocycles. The zero-order chi connectivity index (χ0) is 21.3. The van der Waals surface area contributed by atoms with Gasteiger partial charge in [-0.1, -0.05) is 41.9 Å². The number of halogens is 2. The minimum absolute atomic E-state index is 0.0186. The van der Waals surface area contributed by atoms with Crippen LogP contribution in [0.15, 0.2) is 60.7 Å². The highest BCUT2D eigenvalue weighted by Crippen LogP contribution is 2.32. The molecule has 3 aromatic carbocycles. The molecule has 0 fully saturated rings. The van der Waals surface area contributed by atoms with E-state index in [4.69, 9.17) is 25.8 Å². The molecule has 0 bridgehead atoms. The number of hydrogen-bond acceptors (Lipinski definition) is 4. The van der Waals surface area contributed by atoms with Gasteiger partial charge in [0.05, 0.1) is 19.2 Å². The van der Waals surface area contributed by atoms with Crippen molar-refractivity contribution in [3.8, 4) is 17.2 Å².